The molecule has 1 aliphatic heterocycles. The van der Waals surface area contributed by atoms with E-state index in [1.54, 1.807) is 12.1 Å². The van der Waals surface area contributed by atoms with Gasteiger partial charge in [0, 0.05) is 12.1 Å². The number of hydrogen-bond acceptors (Lipinski definition) is 3. The van der Waals surface area contributed by atoms with Crippen LogP contribution in [0.15, 0.2) is 41.7 Å². The number of ether oxygens (including phenoxy) is 1. The van der Waals surface area contributed by atoms with Crippen LogP contribution in [0.3, 0.4) is 0 Å². The summed E-state index contributed by atoms with van der Waals surface area (Å²) in [6, 6.07) is 10.9. The first-order valence-electron chi connectivity index (χ1n) is 5.43. The van der Waals surface area contributed by atoms with Crippen LogP contribution in [-0.4, -0.2) is 12.5 Å². The van der Waals surface area contributed by atoms with Gasteiger partial charge in [0.1, 0.15) is 11.8 Å². The molecule has 17 heavy (non-hydrogen) atoms. The zero-order chi connectivity index (χ0) is 12.1. The number of anilines is 1. The number of hydrogen-bond donors (Lipinski definition) is 1. The van der Waals surface area contributed by atoms with E-state index in [1.165, 1.54) is 0 Å². The molecule has 1 fully saturated rings. The van der Waals surface area contributed by atoms with Crippen LogP contribution in [0.2, 0.25) is 0 Å². The van der Waals surface area contributed by atoms with Gasteiger partial charge in [-0.25, -0.2) is 0 Å². The number of carbonyl (C=O) groups is 1. The van der Waals surface area contributed by atoms with Crippen LogP contribution in [0, 0.1) is 11.3 Å². The molecule has 4 nitrogen and oxygen atoms in total. The normalized spacial score (nSPS) is 16.9. The fourth-order valence-electron chi connectivity index (χ4n) is 1.65. The Hall–Kier alpha value is -2.28. The predicted octanol–water partition coefficient (Wildman–Crippen LogP) is 2.21. The lowest BCUT2D eigenvalue weighted by molar-refractivity contribution is -0.112. The molecule has 1 heterocycles. The number of para-hydroxylation sites is 1. The van der Waals surface area contributed by atoms with Gasteiger partial charge in [-0.05, 0) is 18.6 Å². The topological polar surface area (TPSA) is 62.1 Å². The maximum Gasteiger partial charge on any atom is 0.269 e. The molecule has 0 aliphatic carbocycles. The van der Waals surface area contributed by atoms with Crippen LogP contribution in [0.1, 0.15) is 12.8 Å². The van der Waals surface area contributed by atoms with Crippen molar-refractivity contribution in [3.63, 3.8) is 0 Å². The molecule has 86 valence electrons. The first-order chi connectivity index (χ1) is 8.31. The highest BCUT2D eigenvalue weighted by molar-refractivity contribution is 6.06. The minimum atomic E-state index is -0.407. The van der Waals surface area contributed by atoms with E-state index in [0.29, 0.717) is 24.5 Å². The summed E-state index contributed by atoms with van der Waals surface area (Å²) in [5.74, 6) is 0.0940. The molecule has 1 saturated heterocycles. The van der Waals surface area contributed by atoms with E-state index in [4.69, 9.17) is 10.00 Å². The molecule has 1 N–H and O–H groups in total. The second-order valence-corrected chi connectivity index (χ2v) is 3.68. The number of nitrogens with zero attached hydrogens (tertiary/aromatic N) is 1. The SMILES string of the molecule is N#C/C(C(=O)Nc1ccccc1)=C1/CCCO1. The number of amides is 1. The van der Waals surface area contributed by atoms with E-state index in [0.717, 1.165) is 6.42 Å². The number of nitrogens with one attached hydrogen (secondary N) is 1. The highest BCUT2D eigenvalue weighted by Crippen LogP contribution is 2.21. The molecule has 1 amide bonds. The lowest BCUT2D eigenvalue weighted by Gasteiger charge is -2.05. The van der Waals surface area contributed by atoms with Gasteiger partial charge < -0.3 is 10.1 Å². The van der Waals surface area contributed by atoms with Crippen LogP contribution in [0.5, 0.6) is 0 Å². The molecule has 0 unspecified atom stereocenters. The molecule has 0 saturated carbocycles. The highest BCUT2D eigenvalue weighted by Gasteiger charge is 2.20. The average Bonchev–Trinajstić information content (AvgIpc) is 2.85. The fourth-order valence-corrected chi connectivity index (χ4v) is 1.65. The average molecular weight is 228 g/mol. The summed E-state index contributed by atoms with van der Waals surface area (Å²) in [5, 5.41) is 11.7. The Balaban J connectivity index is 2.15. The van der Waals surface area contributed by atoms with Crippen LogP contribution in [0.4, 0.5) is 5.69 Å². The standard InChI is InChI=1S/C13H12N2O2/c14-9-11(12-7-4-8-17-12)13(16)15-10-5-2-1-3-6-10/h1-3,5-6H,4,7-8H2,(H,15,16)/b12-11+. The highest BCUT2D eigenvalue weighted by atomic mass is 16.5. The molecule has 0 spiro atoms. The molecule has 1 aliphatic rings. The molecule has 1 aromatic rings. The van der Waals surface area contributed by atoms with Gasteiger partial charge in [0.2, 0.25) is 0 Å². The number of nitriles is 1. The van der Waals surface area contributed by atoms with Crippen molar-refractivity contribution >= 4 is 11.6 Å². The van der Waals surface area contributed by atoms with E-state index in [-0.39, 0.29) is 5.57 Å². The van der Waals surface area contributed by atoms with E-state index >= 15 is 0 Å². The van der Waals surface area contributed by atoms with Crippen LogP contribution in [0.25, 0.3) is 0 Å². The third kappa shape index (κ3) is 2.64. The molecule has 0 aromatic heterocycles. The molecule has 4 heteroatoms. The zero-order valence-electron chi connectivity index (χ0n) is 9.27. The summed E-state index contributed by atoms with van der Waals surface area (Å²) in [5.41, 5.74) is 0.746. The van der Waals surface area contributed by atoms with Crippen LogP contribution < -0.4 is 5.32 Å². The maximum absolute atomic E-state index is 11.9. The van der Waals surface area contributed by atoms with Crippen molar-refractivity contribution in [3.05, 3.63) is 41.7 Å². The predicted molar refractivity (Wildman–Crippen MR) is 62.9 cm³/mol. The lowest BCUT2D eigenvalue weighted by Crippen LogP contribution is -2.15. The molecule has 0 bridgehead atoms. The fraction of sp³-hybridized carbons (Fsp3) is 0.231. The Kier molecular flexibility index (Phi) is 3.41. The van der Waals surface area contributed by atoms with E-state index in [2.05, 4.69) is 5.32 Å². The van der Waals surface area contributed by atoms with Crippen molar-refractivity contribution in [3.8, 4) is 6.07 Å². The Labute approximate surface area is 99.5 Å². The molecular weight excluding hydrogens is 216 g/mol. The zero-order valence-corrected chi connectivity index (χ0v) is 9.27. The summed E-state index contributed by atoms with van der Waals surface area (Å²) in [7, 11) is 0. The Morgan fingerprint density at radius 3 is 2.71 bits per heavy atom. The van der Waals surface area contributed by atoms with E-state index < -0.39 is 5.91 Å². The summed E-state index contributed by atoms with van der Waals surface area (Å²) in [6.07, 6.45) is 1.52. The van der Waals surface area contributed by atoms with Gasteiger partial charge in [0.25, 0.3) is 5.91 Å². The smallest absolute Gasteiger partial charge is 0.269 e. The third-order valence-corrected chi connectivity index (χ3v) is 2.47. The Morgan fingerprint density at radius 1 is 1.35 bits per heavy atom. The number of carbonyl (C=O) groups excluding carboxylic acids is 1. The second kappa shape index (κ2) is 5.17. The quantitative estimate of drug-likeness (QED) is 0.623. The number of benzene rings is 1. The van der Waals surface area contributed by atoms with Gasteiger partial charge in [0.05, 0.1) is 6.61 Å². The van der Waals surface area contributed by atoms with Crippen molar-refractivity contribution in [1.82, 2.24) is 0 Å². The summed E-state index contributed by atoms with van der Waals surface area (Å²) < 4.78 is 5.26. The molecule has 1 aromatic carbocycles. The van der Waals surface area contributed by atoms with Crippen LogP contribution >= 0.6 is 0 Å². The van der Waals surface area contributed by atoms with Gasteiger partial charge in [-0.3, -0.25) is 4.79 Å². The lowest BCUT2D eigenvalue weighted by atomic mass is 10.2. The van der Waals surface area contributed by atoms with Gasteiger partial charge in [-0.15, -0.1) is 0 Å². The monoisotopic (exact) mass is 228 g/mol. The minimum Gasteiger partial charge on any atom is -0.496 e. The number of rotatable bonds is 2. The first-order valence-corrected chi connectivity index (χ1v) is 5.43. The van der Waals surface area contributed by atoms with Crippen LogP contribution in [-0.2, 0) is 9.53 Å². The van der Waals surface area contributed by atoms with Gasteiger partial charge >= 0.3 is 0 Å². The molecule has 0 radical (unpaired) electrons. The maximum atomic E-state index is 11.9. The Bertz CT molecular complexity index is 478. The largest absolute Gasteiger partial charge is 0.496 e. The van der Waals surface area contributed by atoms with Gasteiger partial charge in [0.15, 0.2) is 5.57 Å². The summed E-state index contributed by atoms with van der Waals surface area (Å²) >= 11 is 0. The molecular formula is C13H12N2O2. The van der Waals surface area contributed by atoms with Crippen molar-refractivity contribution in [1.29, 1.82) is 5.26 Å². The molecule has 2 rings (SSSR count). The Morgan fingerprint density at radius 2 is 2.12 bits per heavy atom. The van der Waals surface area contributed by atoms with Gasteiger partial charge in [-0.1, -0.05) is 18.2 Å². The van der Waals surface area contributed by atoms with Crippen molar-refractivity contribution in [2.75, 3.05) is 11.9 Å². The van der Waals surface area contributed by atoms with Crippen molar-refractivity contribution < 1.29 is 9.53 Å². The second-order valence-electron chi connectivity index (χ2n) is 3.68. The van der Waals surface area contributed by atoms with E-state index in [1.807, 2.05) is 24.3 Å². The first kappa shape index (κ1) is 11.2. The number of allylic oxidation sites excluding steroid dienone is 1. The third-order valence-electron chi connectivity index (χ3n) is 2.47. The van der Waals surface area contributed by atoms with E-state index in [9.17, 15) is 4.79 Å². The minimum absolute atomic E-state index is 0.0753. The summed E-state index contributed by atoms with van der Waals surface area (Å²) in [4.78, 5) is 11.9. The van der Waals surface area contributed by atoms with Crippen molar-refractivity contribution in [2.24, 2.45) is 0 Å². The molecule has 0 atom stereocenters. The summed E-state index contributed by atoms with van der Waals surface area (Å²) in [6.45, 7) is 0.582. The van der Waals surface area contributed by atoms with Gasteiger partial charge in [-0.2, -0.15) is 5.26 Å². The van der Waals surface area contributed by atoms with Crippen molar-refractivity contribution in [2.45, 2.75) is 12.8 Å².